The van der Waals surface area contributed by atoms with Crippen molar-refractivity contribution in [1.29, 1.82) is 0 Å². The quantitative estimate of drug-likeness (QED) is 0.340. The molecule has 0 aromatic carbocycles. The number of hydrogen-bond donors (Lipinski definition) is 0. The third-order valence-electron chi connectivity index (χ3n) is 0. The molecule has 0 aliphatic carbocycles. The molecule has 0 heterocycles. The molecule has 0 spiro atoms. The van der Waals surface area contributed by atoms with Crippen LogP contribution in [0.25, 0.3) is 0 Å². The Kier molecular flexibility index (Phi) is 514. The van der Waals surface area contributed by atoms with E-state index < -0.39 is 9.17 Å². The monoisotopic (exact) mass is 190 g/mol. The van der Waals surface area contributed by atoms with Crippen LogP contribution in [-0.4, -0.2) is 59.6 Å². The van der Waals surface area contributed by atoms with E-state index in [4.69, 9.17) is 14.1 Å². The Balaban J connectivity index is -0.00000000300. The third-order valence-corrected chi connectivity index (χ3v) is 0. The van der Waals surface area contributed by atoms with Crippen molar-refractivity contribution in [2.45, 2.75) is 0 Å². The Morgan fingerprint density at radius 3 is 0.800 bits per heavy atom. The Labute approximate surface area is 74.1 Å². The minimum Gasteiger partial charge on any atom is -0.672 e. The van der Waals surface area contributed by atoms with Gasteiger partial charge in [0.05, 0.1) is 0 Å². The summed E-state index contributed by atoms with van der Waals surface area (Å²) in [4.78, 5) is 17.0. The Bertz CT molecular complexity index is 32.2. The van der Waals surface area contributed by atoms with Crippen molar-refractivity contribution in [2.24, 2.45) is 0 Å². The minimum absolute atomic E-state index is 0. The molecular formula is H10MgO8Si. The average molecular weight is 190 g/mol. The maximum Gasteiger partial charge on any atom is 2.00 e. The smallest absolute Gasteiger partial charge is 0.672 e. The molecule has 0 unspecified atom stereocenters. The van der Waals surface area contributed by atoms with Crippen molar-refractivity contribution in [2.75, 3.05) is 0 Å². The van der Waals surface area contributed by atoms with Gasteiger partial charge >= 0.3 is 23.1 Å². The first-order valence-electron chi connectivity index (χ1n) is 0.612. The molecular weight excluding hydrogens is 180 g/mol. The molecule has 10 N–H and O–H groups in total. The molecule has 0 atom stereocenters. The second-order valence-corrected chi connectivity index (χ2v) is 0.750. The van der Waals surface area contributed by atoms with Gasteiger partial charge in [-0.2, -0.15) is 0 Å². The van der Waals surface area contributed by atoms with Crippen LogP contribution in [0.1, 0.15) is 0 Å². The van der Waals surface area contributed by atoms with Crippen molar-refractivity contribution in [1.82, 2.24) is 0 Å². The Morgan fingerprint density at radius 1 is 0.800 bits per heavy atom. The first-order valence-corrected chi connectivity index (χ1v) is 1.84. The largest absolute Gasteiger partial charge is 2.00 e. The molecule has 0 radical (unpaired) electrons. The summed E-state index contributed by atoms with van der Waals surface area (Å²) in [6.07, 6.45) is 0. The molecule has 10 heteroatoms. The zero-order valence-corrected chi connectivity index (χ0v) is 7.35. The molecule has 0 aromatic heterocycles. The molecule has 8 nitrogen and oxygen atoms in total. The van der Waals surface area contributed by atoms with Gasteiger partial charge in [-0.1, -0.05) is 0 Å². The summed E-state index contributed by atoms with van der Waals surface area (Å²) in [5.74, 6) is 0. The Morgan fingerprint density at radius 2 is 0.800 bits per heavy atom. The van der Waals surface area contributed by atoms with Gasteiger partial charge in [0.15, 0.2) is 0 Å². The Hall–Kier alpha value is 0.183. The summed E-state index contributed by atoms with van der Waals surface area (Å²) in [5, 5.41) is 0. The summed E-state index contributed by atoms with van der Waals surface area (Å²) in [5.41, 5.74) is 0. The topological polar surface area (TPSA) is 221 Å². The van der Waals surface area contributed by atoms with Gasteiger partial charge in [-0.3, -0.25) is 0 Å². The fraction of sp³-hybridized carbons (Fsp3) is 0. The van der Waals surface area contributed by atoms with Crippen molar-refractivity contribution in [3.05, 3.63) is 0 Å². The van der Waals surface area contributed by atoms with Crippen LogP contribution in [0.3, 0.4) is 0 Å². The van der Waals surface area contributed by atoms with Gasteiger partial charge < -0.3 is 41.4 Å². The average Bonchev–Trinajstić information content (AvgIpc) is 0.811. The maximum absolute atomic E-state index is 8.52. The fourth-order valence-corrected chi connectivity index (χ4v) is 0. The van der Waals surface area contributed by atoms with Crippen LogP contribution in [-0.2, 0) is 4.46 Å². The van der Waals surface area contributed by atoms with Gasteiger partial charge in [0, 0.05) is 9.17 Å². The third kappa shape index (κ3) is 12600. The van der Waals surface area contributed by atoms with E-state index in [1.807, 2.05) is 0 Å². The van der Waals surface area contributed by atoms with Gasteiger partial charge in [0.25, 0.3) is 0 Å². The van der Waals surface area contributed by atoms with E-state index in [2.05, 4.69) is 0 Å². The first-order chi connectivity index (χ1) is 1.73. The molecule has 0 aromatic rings. The van der Waals surface area contributed by atoms with E-state index in [0.717, 1.165) is 0 Å². The summed E-state index contributed by atoms with van der Waals surface area (Å²) < 4.78 is 8.52. The van der Waals surface area contributed by atoms with Crippen LogP contribution < -0.4 is 9.59 Å². The van der Waals surface area contributed by atoms with Crippen molar-refractivity contribution < 1.29 is 41.4 Å². The second-order valence-electron chi connectivity index (χ2n) is 0.250. The molecule has 64 valence electrons. The normalized spacial score (nSPS) is 2.40. The van der Waals surface area contributed by atoms with Crippen LogP contribution in [0.15, 0.2) is 0 Å². The predicted molar refractivity (Wildman–Crippen MR) is 30.3 cm³/mol. The summed E-state index contributed by atoms with van der Waals surface area (Å²) >= 11 is 0. The van der Waals surface area contributed by atoms with Gasteiger partial charge in [0.1, 0.15) is 0 Å². The number of hydrogen-bond acceptors (Lipinski definition) is 3. The van der Waals surface area contributed by atoms with E-state index in [-0.39, 0.29) is 50.4 Å². The molecule has 0 fully saturated rings. The van der Waals surface area contributed by atoms with Crippen molar-refractivity contribution >= 4 is 32.2 Å². The van der Waals surface area contributed by atoms with E-state index in [1.165, 1.54) is 0 Å². The standard InChI is InChI=1S/Mg.O3Si.5H2O/c;1-4(2)3;;;;;/h;;5*1H2/q+2;-2;;;;;. The molecule has 0 saturated carbocycles. The zero-order chi connectivity index (χ0) is 3.58. The van der Waals surface area contributed by atoms with Crippen LogP contribution in [0.2, 0.25) is 0 Å². The summed E-state index contributed by atoms with van der Waals surface area (Å²) in [6, 6.07) is 0. The van der Waals surface area contributed by atoms with E-state index in [0.29, 0.717) is 0 Å². The maximum atomic E-state index is 8.52. The van der Waals surface area contributed by atoms with Gasteiger partial charge in [0.2, 0.25) is 0 Å². The summed E-state index contributed by atoms with van der Waals surface area (Å²) in [6.45, 7) is 0. The molecule has 0 saturated heterocycles. The SMILES string of the molecule is O.O.O.O.O.O=[Si]([O-])[O-].[Mg+2]. The predicted octanol–water partition coefficient (Wildman–Crippen LogP) is -7.38. The second kappa shape index (κ2) is 60.7. The van der Waals surface area contributed by atoms with Crippen LogP contribution >= 0.6 is 0 Å². The van der Waals surface area contributed by atoms with Crippen LogP contribution in [0.5, 0.6) is 0 Å². The van der Waals surface area contributed by atoms with Crippen LogP contribution in [0, 0.1) is 0 Å². The molecule has 0 aliphatic rings. The van der Waals surface area contributed by atoms with Gasteiger partial charge in [-0.05, 0) is 0 Å². The number of rotatable bonds is 0. The van der Waals surface area contributed by atoms with Crippen molar-refractivity contribution in [3.8, 4) is 0 Å². The summed E-state index contributed by atoms with van der Waals surface area (Å²) in [7, 11) is -3.63. The van der Waals surface area contributed by atoms with E-state index in [9.17, 15) is 0 Å². The van der Waals surface area contributed by atoms with E-state index in [1.54, 1.807) is 0 Å². The minimum atomic E-state index is -3.63. The molecule has 0 amide bonds. The van der Waals surface area contributed by atoms with Gasteiger partial charge in [-0.25, -0.2) is 0 Å². The molecule has 0 rings (SSSR count). The molecule has 10 heavy (non-hydrogen) atoms. The molecule has 0 aliphatic heterocycles. The first kappa shape index (κ1) is 84.8. The zero-order valence-electron chi connectivity index (χ0n) is 4.93. The molecule has 0 bridgehead atoms. The van der Waals surface area contributed by atoms with Crippen molar-refractivity contribution in [3.63, 3.8) is 0 Å². The van der Waals surface area contributed by atoms with Crippen LogP contribution in [0.4, 0.5) is 0 Å². The van der Waals surface area contributed by atoms with Gasteiger partial charge in [-0.15, -0.1) is 0 Å². The van der Waals surface area contributed by atoms with E-state index >= 15 is 0 Å². The fourth-order valence-electron chi connectivity index (χ4n) is 0.